The zero-order valence-corrected chi connectivity index (χ0v) is 20.3. The zero-order chi connectivity index (χ0) is 24.9. The van der Waals surface area contributed by atoms with Crippen molar-refractivity contribution in [1.82, 2.24) is 15.2 Å². The van der Waals surface area contributed by atoms with Gasteiger partial charge in [-0.2, -0.15) is 0 Å². The molecule has 2 heterocycles. The number of likely N-dealkylation sites (tertiary alicyclic amines) is 1. The summed E-state index contributed by atoms with van der Waals surface area (Å²) < 4.78 is 27.3. The lowest BCUT2D eigenvalue weighted by molar-refractivity contribution is -0.130. The number of piperidine rings is 1. The fraction of sp³-hybridized carbons (Fsp3) is 0.429. The highest BCUT2D eigenvalue weighted by Crippen LogP contribution is 2.24. The van der Waals surface area contributed by atoms with E-state index in [1.54, 1.807) is 0 Å². The number of fused-ring (bicyclic) bond motifs is 1. The number of Topliss-reactive ketones (excluding diaryl/α,β-unsaturated/α-hetero) is 1. The van der Waals surface area contributed by atoms with Gasteiger partial charge in [0.25, 0.3) is 0 Å². The lowest BCUT2D eigenvalue weighted by Crippen LogP contribution is -2.46. The number of carbonyl (C=O) groups is 2. The summed E-state index contributed by atoms with van der Waals surface area (Å²) >= 11 is 0. The fourth-order valence-electron chi connectivity index (χ4n) is 5.17. The normalized spacial score (nSPS) is 19.5. The van der Waals surface area contributed by atoms with E-state index in [9.17, 15) is 18.4 Å². The molecule has 1 fully saturated rings. The number of H-pyrrole nitrogens is 1. The Bertz CT molecular complexity index is 1180. The van der Waals surface area contributed by atoms with E-state index >= 15 is 0 Å². The van der Waals surface area contributed by atoms with Crippen LogP contribution in [0.25, 0.3) is 10.9 Å². The molecule has 3 aromatic rings. The van der Waals surface area contributed by atoms with E-state index in [0.29, 0.717) is 30.7 Å². The van der Waals surface area contributed by atoms with Crippen LogP contribution in [0.2, 0.25) is 0 Å². The van der Waals surface area contributed by atoms with Crippen LogP contribution in [0.1, 0.15) is 50.7 Å². The molecule has 0 aliphatic carbocycles. The van der Waals surface area contributed by atoms with Crippen LogP contribution in [-0.4, -0.2) is 40.2 Å². The first kappa shape index (κ1) is 25.0. The molecule has 7 heteroatoms. The van der Waals surface area contributed by atoms with Crippen LogP contribution in [0.4, 0.5) is 8.78 Å². The number of benzene rings is 2. The van der Waals surface area contributed by atoms with Gasteiger partial charge in [0.2, 0.25) is 5.91 Å². The molecule has 1 amide bonds. The van der Waals surface area contributed by atoms with Gasteiger partial charge in [-0.15, -0.1) is 0 Å². The molecule has 0 bridgehead atoms. The van der Waals surface area contributed by atoms with Crippen molar-refractivity contribution in [3.8, 4) is 0 Å². The van der Waals surface area contributed by atoms with E-state index in [-0.39, 0.29) is 24.5 Å². The van der Waals surface area contributed by atoms with Gasteiger partial charge in [0.15, 0.2) is 11.6 Å². The molecule has 0 saturated carbocycles. The van der Waals surface area contributed by atoms with Gasteiger partial charge in [-0.05, 0) is 68.5 Å². The summed E-state index contributed by atoms with van der Waals surface area (Å²) in [5.74, 6) is -2.84. The number of nitrogens with one attached hydrogen (secondary N) is 2. The molecular formula is C28H33F2N3O2. The third-order valence-corrected chi connectivity index (χ3v) is 7.18. The predicted octanol–water partition coefficient (Wildman–Crippen LogP) is 5.14. The van der Waals surface area contributed by atoms with Crippen LogP contribution in [0, 0.1) is 17.6 Å². The first-order valence-electron chi connectivity index (χ1n) is 12.4. The number of ketones is 1. The van der Waals surface area contributed by atoms with Gasteiger partial charge in [0.1, 0.15) is 5.78 Å². The molecule has 5 nitrogen and oxygen atoms in total. The number of aromatic nitrogens is 1. The number of carbonyl (C=O) groups excluding carboxylic acids is 2. The first-order chi connectivity index (χ1) is 16.8. The summed E-state index contributed by atoms with van der Waals surface area (Å²) in [4.78, 5) is 31.7. The molecule has 186 valence electrons. The van der Waals surface area contributed by atoms with E-state index in [1.807, 2.05) is 30.5 Å². The number of hydrogen-bond acceptors (Lipinski definition) is 3. The largest absolute Gasteiger partial charge is 0.361 e. The Morgan fingerprint density at radius 3 is 2.60 bits per heavy atom. The smallest absolute Gasteiger partial charge is 0.224 e. The minimum Gasteiger partial charge on any atom is -0.361 e. The van der Waals surface area contributed by atoms with Crippen molar-refractivity contribution < 1.29 is 18.4 Å². The third kappa shape index (κ3) is 6.14. The summed E-state index contributed by atoms with van der Waals surface area (Å²) in [5, 5.41) is 3.99. The molecule has 1 aliphatic rings. The van der Waals surface area contributed by atoms with Crippen LogP contribution in [0.3, 0.4) is 0 Å². The van der Waals surface area contributed by atoms with E-state index in [0.717, 1.165) is 47.9 Å². The summed E-state index contributed by atoms with van der Waals surface area (Å²) in [6.45, 7) is 4.88. The highest BCUT2D eigenvalue weighted by atomic mass is 19.2. The summed E-state index contributed by atoms with van der Waals surface area (Å²) in [6.07, 6.45) is 5.33. The highest BCUT2D eigenvalue weighted by Gasteiger charge is 2.29. The molecule has 1 aliphatic heterocycles. The molecule has 0 radical (unpaired) electrons. The average molecular weight is 482 g/mol. The molecule has 0 unspecified atom stereocenters. The van der Waals surface area contributed by atoms with E-state index in [2.05, 4.69) is 29.0 Å². The average Bonchev–Trinajstić information content (AvgIpc) is 3.31. The molecule has 1 aromatic heterocycles. The number of hydrogen-bond donors (Lipinski definition) is 2. The van der Waals surface area contributed by atoms with Gasteiger partial charge >= 0.3 is 0 Å². The van der Waals surface area contributed by atoms with Gasteiger partial charge in [-0.1, -0.05) is 24.6 Å². The van der Waals surface area contributed by atoms with Crippen molar-refractivity contribution in [1.29, 1.82) is 0 Å². The van der Waals surface area contributed by atoms with Crippen LogP contribution >= 0.6 is 0 Å². The molecule has 1 saturated heterocycles. The number of aromatic amines is 1. The van der Waals surface area contributed by atoms with Crippen LogP contribution in [0.15, 0.2) is 48.7 Å². The quantitative estimate of drug-likeness (QED) is 0.445. The summed E-state index contributed by atoms with van der Waals surface area (Å²) in [6, 6.07) is 12.1. The fourth-order valence-corrected chi connectivity index (χ4v) is 5.17. The van der Waals surface area contributed by atoms with Crippen LogP contribution < -0.4 is 5.32 Å². The predicted molar refractivity (Wildman–Crippen MR) is 133 cm³/mol. The zero-order valence-electron chi connectivity index (χ0n) is 20.3. The third-order valence-electron chi connectivity index (χ3n) is 7.18. The van der Waals surface area contributed by atoms with Gasteiger partial charge in [-0.25, -0.2) is 8.78 Å². The lowest BCUT2D eigenvalue weighted by Gasteiger charge is -2.38. The second-order valence-electron chi connectivity index (χ2n) is 9.77. The molecule has 4 rings (SSSR count). The van der Waals surface area contributed by atoms with Crippen LogP contribution in [-0.2, 0) is 22.6 Å². The van der Waals surface area contributed by atoms with Crippen LogP contribution in [0.5, 0.6) is 0 Å². The molecule has 0 spiro atoms. The standard InChI is InChI=1S/C28H33F2N3O2/c1-18-5-3-6-19(2)33(18)17-23(34)15-22(13-20-9-10-25(29)26(30)14-20)28(35)32-16-21-7-4-8-27-24(21)11-12-31-27/h4,7-12,14,18-19,22,31H,3,5-6,13,15-17H2,1-2H3,(H,32,35)/t18-,19+,22-/m1/s1. The summed E-state index contributed by atoms with van der Waals surface area (Å²) in [5.41, 5.74) is 2.44. The van der Waals surface area contributed by atoms with Crippen molar-refractivity contribution in [3.63, 3.8) is 0 Å². The van der Waals surface area contributed by atoms with Gasteiger partial charge in [-0.3, -0.25) is 14.5 Å². The van der Waals surface area contributed by atoms with E-state index < -0.39 is 17.6 Å². The second-order valence-corrected chi connectivity index (χ2v) is 9.77. The van der Waals surface area contributed by atoms with E-state index in [1.165, 1.54) is 6.07 Å². The van der Waals surface area contributed by atoms with Crippen molar-refractivity contribution in [2.75, 3.05) is 6.54 Å². The Hall–Kier alpha value is -3.06. The minimum absolute atomic E-state index is 0.0129. The minimum atomic E-state index is -0.955. The molecular weight excluding hydrogens is 448 g/mol. The Morgan fingerprint density at radius 1 is 1.09 bits per heavy atom. The molecule has 2 aromatic carbocycles. The van der Waals surface area contributed by atoms with Gasteiger partial charge < -0.3 is 10.3 Å². The molecule has 3 atom stereocenters. The van der Waals surface area contributed by atoms with Crippen molar-refractivity contribution >= 4 is 22.6 Å². The summed E-state index contributed by atoms with van der Waals surface area (Å²) in [7, 11) is 0. The maximum Gasteiger partial charge on any atom is 0.224 e. The van der Waals surface area contributed by atoms with Gasteiger partial charge in [0, 0.05) is 48.1 Å². The van der Waals surface area contributed by atoms with Crippen molar-refractivity contribution in [2.24, 2.45) is 5.92 Å². The van der Waals surface area contributed by atoms with E-state index in [4.69, 9.17) is 0 Å². The number of amides is 1. The maximum atomic E-state index is 13.8. The van der Waals surface area contributed by atoms with Crippen molar-refractivity contribution in [2.45, 2.75) is 64.6 Å². The number of nitrogens with zero attached hydrogens (tertiary/aromatic N) is 1. The maximum absolute atomic E-state index is 13.8. The number of rotatable bonds is 9. The molecule has 35 heavy (non-hydrogen) atoms. The topological polar surface area (TPSA) is 65.2 Å². The van der Waals surface area contributed by atoms with Crippen molar-refractivity contribution in [3.05, 3.63) is 71.4 Å². The Kier molecular flexibility index (Phi) is 7.96. The lowest BCUT2D eigenvalue weighted by atomic mass is 9.91. The highest BCUT2D eigenvalue weighted by molar-refractivity contribution is 5.88. The number of halogens is 2. The Morgan fingerprint density at radius 2 is 1.86 bits per heavy atom. The SMILES string of the molecule is C[C@@H]1CCC[C@H](C)N1CC(=O)C[C@@H](Cc1ccc(F)c(F)c1)C(=O)NCc1cccc2[nH]ccc12. The molecule has 2 N–H and O–H groups in total. The van der Waals surface area contributed by atoms with Gasteiger partial charge in [0.05, 0.1) is 6.54 Å². The monoisotopic (exact) mass is 481 g/mol. The second kappa shape index (κ2) is 11.1. The Balaban J connectivity index is 1.47. The Labute approximate surface area is 204 Å². The first-order valence-corrected chi connectivity index (χ1v) is 12.4.